The minimum atomic E-state index is 0.00603. The molecule has 1 saturated carbocycles. The molecular formula is C23H35NO2. The molecule has 3 nitrogen and oxygen atoms in total. The second-order valence-electron chi connectivity index (χ2n) is 9.40. The van der Waals surface area contributed by atoms with E-state index in [-0.39, 0.29) is 29.3 Å². The molecule has 4 rings (SSSR count). The maximum absolute atomic E-state index is 12.5. The van der Waals surface area contributed by atoms with Crippen molar-refractivity contribution in [3.8, 4) is 0 Å². The lowest BCUT2D eigenvalue weighted by molar-refractivity contribution is -0.145. The summed E-state index contributed by atoms with van der Waals surface area (Å²) in [6.07, 6.45) is 16.2. The standard InChI is InChI=1S/C23H35NO2/c1-16-7-6-11-23(2)14-21-18(13-20(16)23)19(22(25)26-21)15-24-12-10-17-8-4-3-5-9-17/h8,13,16,18-19,21,24H,3-7,9-12,14-15H2,1-2H3/t16-,18-,19+,21-,23-/m1/s1. The number of allylic oxidation sites excluding steroid dienone is 2. The fraction of sp³-hybridized carbons (Fsp3) is 0.783. The minimum Gasteiger partial charge on any atom is -0.461 e. The van der Waals surface area contributed by atoms with Gasteiger partial charge in [-0.05, 0) is 69.2 Å². The van der Waals surface area contributed by atoms with Crippen LogP contribution in [0, 0.1) is 23.2 Å². The van der Waals surface area contributed by atoms with Gasteiger partial charge in [0, 0.05) is 12.5 Å². The predicted molar refractivity (Wildman–Crippen MR) is 105 cm³/mol. The molecule has 0 aromatic rings. The zero-order valence-corrected chi connectivity index (χ0v) is 16.6. The Morgan fingerprint density at radius 1 is 1.31 bits per heavy atom. The van der Waals surface area contributed by atoms with E-state index in [9.17, 15) is 4.79 Å². The number of ether oxygens (including phenoxy) is 1. The lowest BCUT2D eigenvalue weighted by Crippen LogP contribution is -2.40. The van der Waals surface area contributed by atoms with E-state index in [4.69, 9.17) is 4.74 Å². The Labute approximate surface area is 158 Å². The van der Waals surface area contributed by atoms with E-state index in [2.05, 4.69) is 31.3 Å². The van der Waals surface area contributed by atoms with Gasteiger partial charge >= 0.3 is 5.97 Å². The second kappa shape index (κ2) is 7.50. The number of fused-ring (bicyclic) bond motifs is 2. The van der Waals surface area contributed by atoms with E-state index in [1.807, 2.05) is 0 Å². The smallest absolute Gasteiger partial charge is 0.311 e. The van der Waals surface area contributed by atoms with Crippen LogP contribution in [0.25, 0.3) is 0 Å². The molecule has 1 heterocycles. The third-order valence-corrected chi connectivity index (χ3v) is 7.45. The maximum atomic E-state index is 12.5. The predicted octanol–water partition coefficient (Wildman–Crippen LogP) is 4.78. The first-order valence-corrected chi connectivity index (χ1v) is 10.9. The lowest BCUT2D eigenvalue weighted by atomic mass is 9.59. The van der Waals surface area contributed by atoms with Gasteiger partial charge in [0.2, 0.25) is 0 Å². The zero-order valence-electron chi connectivity index (χ0n) is 16.6. The Balaban J connectivity index is 1.38. The van der Waals surface area contributed by atoms with Crippen LogP contribution in [0.3, 0.4) is 0 Å². The molecule has 0 bridgehead atoms. The summed E-state index contributed by atoms with van der Waals surface area (Å²) in [7, 11) is 0. The Kier molecular flexibility index (Phi) is 5.27. The number of nitrogens with one attached hydrogen (secondary N) is 1. The zero-order chi connectivity index (χ0) is 18.1. The van der Waals surface area contributed by atoms with Crippen LogP contribution in [0.5, 0.6) is 0 Å². The highest BCUT2D eigenvalue weighted by molar-refractivity contribution is 5.76. The van der Waals surface area contributed by atoms with Gasteiger partial charge in [-0.15, -0.1) is 0 Å². The molecular weight excluding hydrogens is 322 g/mol. The molecule has 0 aromatic heterocycles. The average Bonchev–Trinajstić information content (AvgIpc) is 2.92. The van der Waals surface area contributed by atoms with E-state index in [0.717, 1.165) is 25.9 Å². The van der Waals surface area contributed by atoms with Crippen molar-refractivity contribution in [2.45, 2.75) is 77.7 Å². The SMILES string of the molecule is C[C@@H]1CCC[C@]2(C)C[C@H]3OC(=O)[C@@H](CNCCC4=CCCCC4)[C@H]3C=C12. The molecule has 144 valence electrons. The van der Waals surface area contributed by atoms with Crippen molar-refractivity contribution in [2.75, 3.05) is 13.1 Å². The van der Waals surface area contributed by atoms with Gasteiger partial charge in [0.25, 0.3) is 0 Å². The van der Waals surface area contributed by atoms with Gasteiger partial charge in [0.1, 0.15) is 6.10 Å². The minimum absolute atomic E-state index is 0.00603. The quantitative estimate of drug-likeness (QED) is 0.437. The van der Waals surface area contributed by atoms with Crippen LogP contribution in [0.2, 0.25) is 0 Å². The summed E-state index contributed by atoms with van der Waals surface area (Å²) in [4.78, 5) is 12.5. The molecule has 0 aromatic carbocycles. The van der Waals surface area contributed by atoms with Crippen molar-refractivity contribution in [1.82, 2.24) is 5.32 Å². The Hall–Kier alpha value is -1.09. The van der Waals surface area contributed by atoms with E-state index in [1.165, 1.54) is 44.9 Å². The molecule has 2 fully saturated rings. The number of hydrogen-bond acceptors (Lipinski definition) is 3. The van der Waals surface area contributed by atoms with Crippen molar-refractivity contribution in [3.63, 3.8) is 0 Å². The highest BCUT2D eigenvalue weighted by Gasteiger charge is 2.51. The van der Waals surface area contributed by atoms with Crippen LogP contribution in [0.15, 0.2) is 23.3 Å². The molecule has 1 saturated heterocycles. The van der Waals surface area contributed by atoms with Crippen molar-refractivity contribution in [3.05, 3.63) is 23.3 Å². The fourth-order valence-corrected chi connectivity index (χ4v) is 5.92. The summed E-state index contributed by atoms with van der Waals surface area (Å²) in [5, 5.41) is 3.56. The molecule has 3 aliphatic carbocycles. The third kappa shape index (κ3) is 3.52. The van der Waals surface area contributed by atoms with Crippen molar-refractivity contribution in [2.24, 2.45) is 23.2 Å². The summed E-state index contributed by atoms with van der Waals surface area (Å²) in [6, 6.07) is 0. The van der Waals surface area contributed by atoms with Crippen LogP contribution in [-0.2, 0) is 9.53 Å². The summed E-state index contributed by atoms with van der Waals surface area (Å²) in [6.45, 7) is 6.51. The summed E-state index contributed by atoms with van der Waals surface area (Å²) in [5.41, 5.74) is 3.47. The highest BCUT2D eigenvalue weighted by Crippen LogP contribution is 2.53. The number of hydrogen-bond donors (Lipinski definition) is 1. The molecule has 0 unspecified atom stereocenters. The van der Waals surface area contributed by atoms with E-state index >= 15 is 0 Å². The normalized spacial score (nSPS) is 39.5. The third-order valence-electron chi connectivity index (χ3n) is 7.45. The monoisotopic (exact) mass is 357 g/mol. The van der Waals surface area contributed by atoms with Crippen molar-refractivity contribution >= 4 is 5.97 Å². The summed E-state index contributed by atoms with van der Waals surface area (Å²) in [5.74, 6) is 0.979. The molecule has 5 atom stereocenters. The van der Waals surface area contributed by atoms with E-state index < -0.39 is 0 Å². The van der Waals surface area contributed by atoms with Crippen LogP contribution < -0.4 is 5.32 Å². The molecule has 0 radical (unpaired) electrons. The number of esters is 1. The first-order valence-electron chi connectivity index (χ1n) is 10.9. The molecule has 1 aliphatic heterocycles. The number of rotatable bonds is 5. The van der Waals surface area contributed by atoms with Gasteiger partial charge in [-0.2, -0.15) is 0 Å². The molecule has 4 aliphatic rings. The summed E-state index contributed by atoms with van der Waals surface area (Å²) < 4.78 is 5.84. The van der Waals surface area contributed by atoms with Crippen molar-refractivity contribution in [1.29, 1.82) is 0 Å². The van der Waals surface area contributed by atoms with Crippen LogP contribution in [-0.4, -0.2) is 25.2 Å². The first-order chi connectivity index (χ1) is 12.6. The molecule has 26 heavy (non-hydrogen) atoms. The molecule has 0 amide bonds. The second-order valence-corrected chi connectivity index (χ2v) is 9.40. The Morgan fingerprint density at radius 2 is 2.19 bits per heavy atom. The van der Waals surface area contributed by atoms with E-state index in [1.54, 1.807) is 11.1 Å². The molecule has 3 heteroatoms. The molecule has 1 N–H and O–H groups in total. The van der Waals surface area contributed by atoms with Crippen LogP contribution >= 0.6 is 0 Å². The van der Waals surface area contributed by atoms with E-state index in [0.29, 0.717) is 5.92 Å². The van der Waals surface area contributed by atoms with Gasteiger partial charge in [0.05, 0.1) is 5.92 Å². The Morgan fingerprint density at radius 3 is 3.00 bits per heavy atom. The summed E-state index contributed by atoms with van der Waals surface area (Å²) >= 11 is 0. The van der Waals surface area contributed by atoms with Crippen LogP contribution in [0.4, 0.5) is 0 Å². The number of carbonyl (C=O) groups excluding carboxylic acids is 1. The first kappa shape index (κ1) is 18.3. The topological polar surface area (TPSA) is 38.3 Å². The highest BCUT2D eigenvalue weighted by atomic mass is 16.6. The van der Waals surface area contributed by atoms with Gasteiger partial charge in [0.15, 0.2) is 0 Å². The lowest BCUT2D eigenvalue weighted by Gasteiger charge is -2.46. The van der Waals surface area contributed by atoms with Gasteiger partial charge < -0.3 is 10.1 Å². The van der Waals surface area contributed by atoms with Gasteiger partial charge in [-0.3, -0.25) is 4.79 Å². The van der Waals surface area contributed by atoms with Crippen molar-refractivity contribution < 1.29 is 9.53 Å². The maximum Gasteiger partial charge on any atom is 0.311 e. The number of carbonyl (C=O) groups is 1. The fourth-order valence-electron chi connectivity index (χ4n) is 5.92. The average molecular weight is 358 g/mol. The largest absolute Gasteiger partial charge is 0.461 e. The van der Waals surface area contributed by atoms with Gasteiger partial charge in [-0.1, -0.05) is 43.6 Å². The van der Waals surface area contributed by atoms with Crippen LogP contribution in [0.1, 0.15) is 71.6 Å². The Bertz CT molecular complexity index is 607. The molecule has 0 spiro atoms. The van der Waals surface area contributed by atoms with Gasteiger partial charge in [-0.25, -0.2) is 0 Å².